The number of nitrogens with one attached hydrogen (secondary N) is 1. The Bertz CT molecular complexity index is 461. The molecule has 1 fully saturated rings. The van der Waals surface area contributed by atoms with Crippen LogP contribution in [0, 0.1) is 5.92 Å². The molecule has 1 aliphatic rings. The average molecular weight is 345 g/mol. The van der Waals surface area contributed by atoms with Gasteiger partial charge in [0.1, 0.15) is 11.6 Å². The van der Waals surface area contributed by atoms with Crippen molar-refractivity contribution in [1.82, 2.24) is 5.32 Å². The van der Waals surface area contributed by atoms with Crippen LogP contribution < -0.4 is 5.32 Å². The molecule has 24 heavy (non-hydrogen) atoms. The number of rotatable bonds is 8. The van der Waals surface area contributed by atoms with E-state index in [0.29, 0.717) is 6.42 Å². The molecule has 1 rings (SSSR count). The van der Waals surface area contributed by atoms with Gasteiger partial charge in [0.15, 0.2) is 0 Å². The largest absolute Gasteiger partial charge is 0.480 e. The number of carboxylic acid groups (broad SMARTS) is 1. The number of aliphatic carboxylic acids is 1. The van der Waals surface area contributed by atoms with Crippen molar-refractivity contribution in [1.29, 1.82) is 0 Å². The lowest BCUT2D eigenvalue weighted by Crippen LogP contribution is -2.54. The molecule has 0 heterocycles. The van der Waals surface area contributed by atoms with Gasteiger partial charge in [-0.05, 0) is 26.2 Å². The molecule has 1 unspecified atom stereocenters. The second kappa shape index (κ2) is 8.86. The summed E-state index contributed by atoms with van der Waals surface area (Å²) in [6, 6.07) is 0. The van der Waals surface area contributed by atoms with Crippen molar-refractivity contribution in [2.75, 3.05) is 7.11 Å². The van der Waals surface area contributed by atoms with Crippen molar-refractivity contribution in [2.45, 2.75) is 70.8 Å². The molecule has 0 aromatic rings. The molecule has 1 amide bonds. The van der Waals surface area contributed by atoms with Crippen molar-refractivity contribution in [2.24, 2.45) is 5.92 Å². The molecule has 0 saturated heterocycles. The summed E-state index contributed by atoms with van der Waals surface area (Å²) in [7, 11) is 1.38. The van der Waals surface area contributed by atoms with Gasteiger partial charge in [0.2, 0.25) is 0 Å². The van der Waals surface area contributed by atoms with Crippen LogP contribution in [0.15, 0.2) is 0 Å². The smallest absolute Gasteiger partial charge is 0.411 e. The Labute approximate surface area is 141 Å². The Hall–Kier alpha value is -1.83. The van der Waals surface area contributed by atoms with Crippen LogP contribution in [0.3, 0.4) is 0 Å². The van der Waals surface area contributed by atoms with E-state index in [-0.39, 0.29) is 5.92 Å². The van der Waals surface area contributed by atoms with E-state index in [1.54, 1.807) is 6.92 Å². The maximum atomic E-state index is 12.1. The molecule has 0 radical (unpaired) electrons. The van der Waals surface area contributed by atoms with Gasteiger partial charge in [-0.2, -0.15) is 0 Å². The summed E-state index contributed by atoms with van der Waals surface area (Å²) in [5.41, 5.74) is -1.44. The van der Waals surface area contributed by atoms with Gasteiger partial charge >= 0.3 is 18.0 Å². The Morgan fingerprint density at radius 1 is 1.25 bits per heavy atom. The minimum absolute atomic E-state index is 0.258. The number of hydrogen-bond acceptors (Lipinski definition) is 6. The van der Waals surface area contributed by atoms with E-state index in [1.807, 2.05) is 0 Å². The molecule has 0 aromatic carbocycles. The molecule has 8 heteroatoms. The fourth-order valence-electron chi connectivity index (χ4n) is 2.83. The summed E-state index contributed by atoms with van der Waals surface area (Å²) in [4.78, 5) is 34.8. The Morgan fingerprint density at radius 3 is 2.29 bits per heavy atom. The van der Waals surface area contributed by atoms with Crippen LogP contribution in [0.25, 0.3) is 0 Å². The summed E-state index contributed by atoms with van der Waals surface area (Å²) in [5, 5.41) is 11.9. The van der Waals surface area contributed by atoms with Crippen LogP contribution in [-0.2, 0) is 23.8 Å². The molecule has 0 aliphatic heterocycles. The van der Waals surface area contributed by atoms with Crippen LogP contribution in [0.4, 0.5) is 4.79 Å². The van der Waals surface area contributed by atoms with Gasteiger partial charge < -0.3 is 24.6 Å². The second-order valence-corrected chi connectivity index (χ2v) is 6.44. The molecule has 0 bridgehead atoms. The first-order valence-corrected chi connectivity index (χ1v) is 8.10. The highest BCUT2D eigenvalue weighted by Gasteiger charge is 2.39. The molecular weight excluding hydrogens is 318 g/mol. The van der Waals surface area contributed by atoms with Crippen molar-refractivity contribution in [3.05, 3.63) is 0 Å². The maximum Gasteiger partial charge on any atom is 0.411 e. The summed E-state index contributed by atoms with van der Waals surface area (Å²) in [5.74, 6) is -1.51. The normalized spacial score (nSPS) is 19.8. The molecule has 3 atom stereocenters. The Morgan fingerprint density at radius 2 is 1.83 bits per heavy atom. The number of carboxylic acids is 1. The number of methoxy groups -OCH3 is 1. The van der Waals surface area contributed by atoms with Crippen LogP contribution in [0.1, 0.15) is 52.9 Å². The first-order chi connectivity index (χ1) is 11.2. The third kappa shape index (κ3) is 5.99. The average Bonchev–Trinajstić information content (AvgIpc) is 2.97. The minimum Gasteiger partial charge on any atom is -0.480 e. The fourth-order valence-corrected chi connectivity index (χ4v) is 2.83. The third-order valence-corrected chi connectivity index (χ3v) is 4.28. The van der Waals surface area contributed by atoms with Gasteiger partial charge in [-0.25, -0.2) is 9.59 Å². The van der Waals surface area contributed by atoms with Gasteiger partial charge in [-0.1, -0.05) is 25.7 Å². The van der Waals surface area contributed by atoms with Crippen molar-refractivity contribution >= 4 is 18.0 Å². The zero-order valence-corrected chi connectivity index (χ0v) is 14.7. The van der Waals surface area contributed by atoms with Crippen LogP contribution >= 0.6 is 0 Å². The van der Waals surface area contributed by atoms with E-state index in [4.69, 9.17) is 14.2 Å². The molecule has 1 saturated carbocycles. The zero-order chi connectivity index (χ0) is 18.3. The van der Waals surface area contributed by atoms with E-state index in [0.717, 1.165) is 25.7 Å². The molecule has 0 spiro atoms. The molecule has 138 valence electrons. The standard InChI is InChI=1S/C16H27NO7/c1-10(22-4)13(23-11(2)18)24-15(21)17-16(3,14(19)20)9-12-7-5-6-8-12/h10,12-13H,5-9H2,1-4H3,(H,17,21)(H,19,20)/t10?,13-,16+/m1/s1. The van der Waals surface area contributed by atoms with E-state index >= 15 is 0 Å². The van der Waals surface area contributed by atoms with Crippen LogP contribution in [0.5, 0.6) is 0 Å². The van der Waals surface area contributed by atoms with E-state index < -0.39 is 36.0 Å². The van der Waals surface area contributed by atoms with Gasteiger partial charge in [0, 0.05) is 14.0 Å². The van der Waals surface area contributed by atoms with Crippen molar-refractivity contribution < 1.29 is 33.7 Å². The number of esters is 1. The molecule has 0 aromatic heterocycles. The van der Waals surface area contributed by atoms with Gasteiger partial charge in [0.05, 0.1) is 0 Å². The Balaban J connectivity index is 2.71. The summed E-state index contributed by atoms with van der Waals surface area (Å²) >= 11 is 0. The SMILES string of the molecule is COC(C)[C@H](OC(C)=O)OC(=O)N[C@@](C)(CC1CCCC1)C(=O)O. The highest BCUT2D eigenvalue weighted by atomic mass is 16.7. The first-order valence-electron chi connectivity index (χ1n) is 8.10. The highest BCUT2D eigenvalue weighted by Crippen LogP contribution is 2.32. The van der Waals surface area contributed by atoms with Gasteiger partial charge in [-0.3, -0.25) is 4.79 Å². The number of amides is 1. The fraction of sp³-hybridized carbons (Fsp3) is 0.812. The van der Waals surface area contributed by atoms with E-state index in [1.165, 1.54) is 21.0 Å². The topological polar surface area (TPSA) is 111 Å². The summed E-state index contributed by atoms with van der Waals surface area (Å²) < 4.78 is 14.9. The van der Waals surface area contributed by atoms with Crippen molar-refractivity contribution in [3.8, 4) is 0 Å². The number of carbonyl (C=O) groups is 3. The number of hydrogen-bond donors (Lipinski definition) is 2. The molecule has 2 N–H and O–H groups in total. The van der Waals surface area contributed by atoms with Crippen molar-refractivity contribution in [3.63, 3.8) is 0 Å². The lowest BCUT2D eigenvalue weighted by atomic mass is 9.88. The van der Waals surface area contributed by atoms with Gasteiger partial charge in [0.25, 0.3) is 6.29 Å². The maximum absolute atomic E-state index is 12.1. The van der Waals surface area contributed by atoms with Crippen LogP contribution in [0.2, 0.25) is 0 Å². The number of carbonyl (C=O) groups excluding carboxylic acids is 2. The second-order valence-electron chi connectivity index (χ2n) is 6.44. The number of ether oxygens (including phenoxy) is 3. The highest BCUT2D eigenvalue weighted by molar-refractivity contribution is 5.84. The third-order valence-electron chi connectivity index (χ3n) is 4.28. The van der Waals surface area contributed by atoms with Gasteiger partial charge in [-0.15, -0.1) is 0 Å². The summed E-state index contributed by atoms with van der Waals surface area (Å²) in [6.45, 7) is 4.20. The zero-order valence-electron chi connectivity index (χ0n) is 14.7. The predicted octanol–water partition coefficient (Wildman–Crippen LogP) is 2.06. The van der Waals surface area contributed by atoms with E-state index in [9.17, 15) is 19.5 Å². The minimum atomic E-state index is -1.44. The first kappa shape index (κ1) is 20.2. The molecular formula is C16H27NO7. The molecule has 1 aliphatic carbocycles. The number of alkyl carbamates (subject to hydrolysis) is 1. The quantitative estimate of drug-likeness (QED) is 0.511. The molecule has 8 nitrogen and oxygen atoms in total. The Kier molecular flexibility index (Phi) is 7.47. The predicted molar refractivity (Wildman–Crippen MR) is 84.3 cm³/mol. The lowest BCUT2D eigenvalue weighted by molar-refractivity contribution is -0.186. The monoisotopic (exact) mass is 345 g/mol. The van der Waals surface area contributed by atoms with Crippen LogP contribution in [-0.4, -0.2) is 48.2 Å². The summed E-state index contributed by atoms with van der Waals surface area (Å²) in [6.07, 6.45) is 1.48. The lowest BCUT2D eigenvalue weighted by Gasteiger charge is -2.30. The van der Waals surface area contributed by atoms with E-state index in [2.05, 4.69) is 5.32 Å².